The van der Waals surface area contributed by atoms with Crippen molar-refractivity contribution in [2.24, 2.45) is 15.4 Å². The van der Waals surface area contributed by atoms with Crippen LogP contribution >= 0.6 is 0 Å². The summed E-state index contributed by atoms with van der Waals surface area (Å²) in [6, 6.07) is 2.03. The van der Waals surface area contributed by atoms with Crippen LogP contribution in [-0.2, 0) is 4.79 Å². The van der Waals surface area contributed by atoms with E-state index in [4.69, 9.17) is 5.26 Å². The molecule has 0 spiro atoms. The van der Waals surface area contributed by atoms with Gasteiger partial charge in [0.25, 0.3) is 0 Å². The highest BCUT2D eigenvalue weighted by Crippen LogP contribution is 2.06. The van der Waals surface area contributed by atoms with E-state index in [1.54, 1.807) is 0 Å². The molecule has 0 radical (unpaired) electrons. The van der Waals surface area contributed by atoms with Crippen molar-refractivity contribution in [2.45, 2.75) is 25.7 Å². The Labute approximate surface area is 69.8 Å². The fourth-order valence-corrected chi connectivity index (χ4v) is 0.871. The monoisotopic (exact) mass is 164 g/mol. The Morgan fingerprint density at radius 3 is 2.83 bits per heavy atom. The van der Waals surface area contributed by atoms with Crippen molar-refractivity contribution in [2.75, 3.05) is 0 Å². The van der Waals surface area contributed by atoms with Gasteiger partial charge in [-0.2, -0.15) is 5.26 Å². The minimum Gasteiger partial charge on any atom is -0.264 e. The maximum Gasteiger partial charge on any atom is 0.313 e. The van der Waals surface area contributed by atoms with Crippen molar-refractivity contribution in [3.8, 4) is 6.07 Å². The molecule has 0 aromatic carbocycles. The summed E-state index contributed by atoms with van der Waals surface area (Å²) in [5.74, 6) is -0.341. The van der Waals surface area contributed by atoms with E-state index in [0.29, 0.717) is 18.6 Å². The molecule has 1 amide bonds. The summed E-state index contributed by atoms with van der Waals surface area (Å²) in [4.78, 5) is 10.8. The van der Waals surface area contributed by atoms with Gasteiger partial charge in [0.2, 0.25) is 0 Å². The minimum atomic E-state index is -0.341. The molecule has 5 heteroatoms. The smallest absolute Gasteiger partial charge is 0.264 e. The number of rotatable bonds is 4. The van der Waals surface area contributed by atoms with E-state index in [-0.39, 0.29) is 5.91 Å². The van der Waals surface area contributed by atoms with E-state index >= 15 is 0 Å². The van der Waals surface area contributed by atoms with Crippen LogP contribution in [0.1, 0.15) is 25.7 Å². The lowest BCUT2D eigenvalue weighted by Crippen LogP contribution is -2.06. The minimum absolute atomic E-state index is 0.341. The molecule has 0 aromatic heterocycles. The molecule has 0 unspecified atom stereocenters. The molecule has 0 aromatic rings. The second kappa shape index (κ2) is 4.34. The van der Waals surface area contributed by atoms with E-state index in [1.165, 1.54) is 0 Å². The molecular formula is C7H8N4O. The quantitative estimate of drug-likeness (QED) is 0.589. The Morgan fingerprint density at radius 2 is 2.25 bits per heavy atom. The maximum absolute atomic E-state index is 10.8. The molecule has 5 nitrogen and oxygen atoms in total. The fraction of sp³-hybridized carbons (Fsp3) is 0.571. The van der Waals surface area contributed by atoms with E-state index in [0.717, 1.165) is 12.8 Å². The van der Waals surface area contributed by atoms with Gasteiger partial charge < -0.3 is 0 Å². The Hall–Kier alpha value is -1.57. The van der Waals surface area contributed by atoms with E-state index in [1.807, 2.05) is 6.07 Å². The number of amides is 1. The highest BCUT2D eigenvalue weighted by atomic mass is 16.2. The van der Waals surface area contributed by atoms with Gasteiger partial charge in [0, 0.05) is 6.42 Å². The second-order valence-electron chi connectivity index (χ2n) is 2.41. The summed E-state index contributed by atoms with van der Waals surface area (Å²) < 4.78 is 0. The van der Waals surface area contributed by atoms with E-state index in [2.05, 4.69) is 15.4 Å². The van der Waals surface area contributed by atoms with Gasteiger partial charge in [-0.1, -0.05) is 5.11 Å². The van der Waals surface area contributed by atoms with Crippen LogP contribution in [0.5, 0.6) is 0 Å². The zero-order chi connectivity index (χ0) is 8.81. The number of hydrogen-bond acceptors (Lipinski definition) is 4. The van der Waals surface area contributed by atoms with Crippen molar-refractivity contribution in [1.82, 2.24) is 0 Å². The number of carbonyl (C=O) groups is 1. The van der Waals surface area contributed by atoms with Gasteiger partial charge in [-0.25, -0.2) is 0 Å². The zero-order valence-corrected chi connectivity index (χ0v) is 6.53. The number of nitriles is 1. The SMILES string of the molecule is N#CCCCCC1=NN=NC1=O. The standard InChI is InChI=1S/C7H8N4O/c8-5-3-1-2-4-6-7(12)10-11-9-6/h1-4H2. The molecule has 0 N–H and O–H groups in total. The lowest BCUT2D eigenvalue weighted by Gasteiger charge is -1.93. The first-order chi connectivity index (χ1) is 5.84. The second-order valence-corrected chi connectivity index (χ2v) is 2.41. The zero-order valence-electron chi connectivity index (χ0n) is 6.53. The Morgan fingerprint density at radius 1 is 1.42 bits per heavy atom. The fourth-order valence-electron chi connectivity index (χ4n) is 0.871. The molecule has 1 aliphatic rings. The third-order valence-corrected chi connectivity index (χ3v) is 1.50. The van der Waals surface area contributed by atoms with Crippen LogP contribution in [0, 0.1) is 11.3 Å². The lowest BCUT2D eigenvalue weighted by atomic mass is 10.1. The van der Waals surface area contributed by atoms with Gasteiger partial charge in [-0.15, -0.1) is 5.10 Å². The molecule has 0 bridgehead atoms. The molecule has 0 atom stereocenters. The molecule has 62 valence electrons. The number of nitrogens with zero attached hydrogens (tertiary/aromatic N) is 4. The molecule has 1 heterocycles. The van der Waals surface area contributed by atoms with Crippen molar-refractivity contribution in [1.29, 1.82) is 5.26 Å². The highest BCUT2D eigenvalue weighted by molar-refractivity contribution is 6.39. The van der Waals surface area contributed by atoms with Gasteiger partial charge in [-0.3, -0.25) is 4.79 Å². The van der Waals surface area contributed by atoms with Crippen LogP contribution in [0.2, 0.25) is 0 Å². The average Bonchev–Trinajstić information content (AvgIpc) is 2.46. The van der Waals surface area contributed by atoms with Crippen molar-refractivity contribution in [3.05, 3.63) is 0 Å². The highest BCUT2D eigenvalue weighted by Gasteiger charge is 2.14. The molecule has 1 aliphatic heterocycles. The predicted octanol–water partition coefficient (Wildman–Crippen LogP) is 1.42. The maximum atomic E-state index is 10.8. The van der Waals surface area contributed by atoms with Crippen LogP contribution in [0.15, 0.2) is 15.4 Å². The van der Waals surface area contributed by atoms with Crippen LogP contribution in [0.3, 0.4) is 0 Å². The van der Waals surface area contributed by atoms with Crippen LogP contribution in [0.4, 0.5) is 0 Å². The number of carbonyl (C=O) groups excluding carboxylic acids is 1. The summed E-state index contributed by atoms with van der Waals surface area (Å²) in [6.07, 6.45) is 2.69. The van der Waals surface area contributed by atoms with Crippen molar-refractivity contribution < 1.29 is 4.79 Å². The summed E-state index contributed by atoms with van der Waals surface area (Å²) in [5, 5.41) is 18.3. The lowest BCUT2D eigenvalue weighted by molar-refractivity contribution is -0.112. The summed E-state index contributed by atoms with van der Waals surface area (Å²) in [6.45, 7) is 0. The predicted molar refractivity (Wildman–Crippen MR) is 41.4 cm³/mol. The first kappa shape index (κ1) is 8.53. The number of hydrogen-bond donors (Lipinski definition) is 0. The van der Waals surface area contributed by atoms with Crippen molar-refractivity contribution >= 4 is 11.6 Å². The largest absolute Gasteiger partial charge is 0.313 e. The Kier molecular flexibility index (Phi) is 3.08. The van der Waals surface area contributed by atoms with Gasteiger partial charge >= 0.3 is 5.91 Å². The van der Waals surface area contributed by atoms with Gasteiger partial charge in [0.15, 0.2) is 0 Å². The van der Waals surface area contributed by atoms with Gasteiger partial charge in [-0.05, 0) is 24.5 Å². The van der Waals surface area contributed by atoms with Crippen molar-refractivity contribution in [3.63, 3.8) is 0 Å². The number of unbranched alkanes of at least 4 members (excludes halogenated alkanes) is 2. The average molecular weight is 164 g/mol. The molecule has 0 fully saturated rings. The third-order valence-electron chi connectivity index (χ3n) is 1.50. The molecule has 12 heavy (non-hydrogen) atoms. The van der Waals surface area contributed by atoms with Crippen LogP contribution < -0.4 is 0 Å². The normalized spacial score (nSPS) is 14.6. The first-order valence-electron chi connectivity index (χ1n) is 3.73. The van der Waals surface area contributed by atoms with Gasteiger partial charge in [0.1, 0.15) is 5.71 Å². The summed E-state index contributed by atoms with van der Waals surface area (Å²) >= 11 is 0. The topological polar surface area (TPSA) is 77.9 Å². The molecule has 0 saturated heterocycles. The first-order valence-corrected chi connectivity index (χ1v) is 3.73. The van der Waals surface area contributed by atoms with E-state index in [9.17, 15) is 4.79 Å². The third kappa shape index (κ3) is 2.23. The van der Waals surface area contributed by atoms with Gasteiger partial charge in [0.05, 0.1) is 6.07 Å². The van der Waals surface area contributed by atoms with Crippen LogP contribution in [0.25, 0.3) is 0 Å². The molecular weight excluding hydrogens is 156 g/mol. The Bertz CT molecular complexity index is 274. The molecule has 1 rings (SSSR count). The molecule has 0 saturated carbocycles. The van der Waals surface area contributed by atoms with E-state index < -0.39 is 0 Å². The summed E-state index contributed by atoms with van der Waals surface area (Å²) in [5.41, 5.74) is 0.410. The van der Waals surface area contributed by atoms with Crippen LogP contribution in [-0.4, -0.2) is 11.6 Å². The summed E-state index contributed by atoms with van der Waals surface area (Å²) in [7, 11) is 0. The Balaban J connectivity index is 2.17. The molecule has 0 aliphatic carbocycles.